The zero-order chi connectivity index (χ0) is 14.2. The van der Waals surface area contributed by atoms with Gasteiger partial charge < -0.3 is 9.84 Å². The summed E-state index contributed by atoms with van der Waals surface area (Å²) in [6, 6.07) is 0. The Balaban J connectivity index is 1.97. The Kier molecular flexibility index (Phi) is 6.99. The van der Waals surface area contributed by atoms with Crippen molar-refractivity contribution in [2.75, 3.05) is 0 Å². The van der Waals surface area contributed by atoms with E-state index in [1.807, 2.05) is 0 Å². The highest BCUT2D eigenvalue weighted by molar-refractivity contribution is 9.10. The van der Waals surface area contributed by atoms with E-state index in [4.69, 9.17) is 21.4 Å². The molecule has 8 atom stereocenters. The molecule has 0 aliphatic heterocycles. The molecule has 0 aromatic rings. The first-order valence-corrected chi connectivity index (χ1v) is 10.6. The second kappa shape index (κ2) is 7.60. The van der Waals surface area contributed by atoms with Gasteiger partial charge in [-0.2, -0.15) is 0 Å². The first-order chi connectivity index (χ1) is 8.90. The maximum atomic E-state index is 8.24. The van der Waals surface area contributed by atoms with Crippen molar-refractivity contribution >= 4 is 75.3 Å². The highest BCUT2D eigenvalue weighted by Crippen LogP contribution is 2.38. The molecular formula is C12H18Br4ClO2+. The van der Waals surface area contributed by atoms with Crippen molar-refractivity contribution < 1.29 is 9.84 Å². The lowest BCUT2D eigenvalue weighted by atomic mass is 9.92. The van der Waals surface area contributed by atoms with Crippen molar-refractivity contribution in [1.29, 1.82) is 0 Å². The van der Waals surface area contributed by atoms with Gasteiger partial charge in [-0.3, -0.25) is 0 Å². The fraction of sp³-hybridized carbons (Fsp3) is 1.00. The van der Waals surface area contributed by atoms with Crippen molar-refractivity contribution in [1.82, 2.24) is 0 Å². The second-order valence-electron chi connectivity index (χ2n) is 5.31. The van der Waals surface area contributed by atoms with Crippen molar-refractivity contribution in [3.05, 3.63) is 0 Å². The molecule has 0 spiro atoms. The molecule has 2 N–H and O–H groups in total. The number of ether oxygens (including phenoxy) is 1. The molecule has 112 valence electrons. The molecule has 0 aromatic heterocycles. The summed E-state index contributed by atoms with van der Waals surface area (Å²) in [7, 11) is 0. The molecule has 0 saturated heterocycles. The lowest BCUT2D eigenvalue weighted by molar-refractivity contribution is -0.0931. The Morgan fingerprint density at radius 3 is 2.32 bits per heavy atom. The largest absolute Gasteiger partial charge is 0.441 e. The van der Waals surface area contributed by atoms with Crippen molar-refractivity contribution in [2.24, 2.45) is 0 Å². The molecule has 2 saturated carbocycles. The van der Waals surface area contributed by atoms with E-state index in [1.54, 1.807) is 0 Å². The fourth-order valence-electron chi connectivity index (χ4n) is 2.67. The summed E-state index contributed by atoms with van der Waals surface area (Å²) in [6.07, 6.45) is 3.78. The first kappa shape index (κ1) is 17.5. The predicted octanol–water partition coefficient (Wildman–Crippen LogP) is 4.08. The van der Waals surface area contributed by atoms with Crippen LogP contribution in [0.4, 0.5) is 0 Å². The number of hydrogen-bond acceptors (Lipinski definition) is 1. The summed E-state index contributed by atoms with van der Waals surface area (Å²) in [5.74, 6) is 0. The van der Waals surface area contributed by atoms with Gasteiger partial charge >= 0.3 is 0 Å². The molecule has 2 rings (SSSR count). The van der Waals surface area contributed by atoms with Crippen LogP contribution in [0.3, 0.4) is 0 Å². The van der Waals surface area contributed by atoms with Crippen LogP contribution < -0.4 is 0 Å². The zero-order valence-corrected chi connectivity index (χ0v) is 17.3. The Morgan fingerprint density at radius 1 is 1.00 bits per heavy atom. The molecule has 2 aliphatic carbocycles. The van der Waals surface area contributed by atoms with Gasteiger partial charge in [-0.15, -0.1) is 11.6 Å². The molecular weight excluding hydrogens is 531 g/mol. The van der Waals surface area contributed by atoms with Crippen LogP contribution in [-0.4, -0.2) is 48.1 Å². The third-order valence-electron chi connectivity index (χ3n) is 3.82. The molecule has 0 bridgehead atoms. The molecule has 7 heteroatoms. The minimum absolute atomic E-state index is 0.0242. The van der Waals surface area contributed by atoms with Gasteiger partial charge in [0.1, 0.15) is 6.10 Å². The van der Waals surface area contributed by atoms with Crippen molar-refractivity contribution in [3.63, 3.8) is 0 Å². The Bertz CT molecular complexity index is 309. The highest BCUT2D eigenvalue weighted by Gasteiger charge is 2.46. The average molecular weight is 549 g/mol. The molecule has 8 unspecified atom stereocenters. The van der Waals surface area contributed by atoms with Gasteiger partial charge in [0.15, 0.2) is 6.10 Å². The maximum Gasteiger partial charge on any atom is 0.182 e. The van der Waals surface area contributed by atoms with Crippen molar-refractivity contribution in [3.8, 4) is 0 Å². The number of rotatable bonds is 2. The summed E-state index contributed by atoms with van der Waals surface area (Å²) >= 11 is 20.9. The van der Waals surface area contributed by atoms with Gasteiger partial charge in [-0.1, -0.05) is 63.7 Å². The van der Waals surface area contributed by atoms with E-state index < -0.39 is 0 Å². The number of alkyl halides is 5. The van der Waals surface area contributed by atoms with Crippen LogP contribution in [0.25, 0.3) is 0 Å². The van der Waals surface area contributed by atoms with Crippen LogP contribution in [0.1, 0.15) is 25.7 Å². The standard InChI is InChI=1S/C12H17Br4ClO2/c13-5-1-2-9(6(14)3-5)19-12-8(18)4-7(15)11(17)10(12)16/h5-12,18H,1-4H2/p+1. The van der Waals surface area contributed by atoms with Crippen LogP contribution in [0, 0.1) is 0 Å². The molecule has 19 heavy (non-hydrogen) atoms. The number of hydrogen-bond donors (Lipinski definition) is 0. The summed E-state index contributed by atoms with van der Waals surface area (Å²) < 4.78 is 6.23. The molecule has 0 radical (unpaired) electrons. The van der Waals surface area contributed by atoms with E-state index in [-0.39, 0.29) is 33.3 Å². The van der Waals surface area contributed by atoms with Gasteiger partial charge in [0, 0.05) is 20.9 Å². The quantitative estimate of drug-likeness (QED) is 0.378. The molecule has 2 nitrogen and oxygen atoms in total. The minimum atomic E-state index is -0.231. The second-order valence-corrected chi connectivity index (χ2v) is 10.5. The summed E-state index contributed by atoms with van der Waals surface area (Å²) in [4.78, 5) is 1.13. The number of halogens is 5. The topological polar surface area (TPSA) is 32.1 Å². The van der Waals surface area contributed by atoms with Crippen molar-refractivity contribution in [2.45, 2.75) is 68.7 Å². The monoisotopic (exact) mass is 545 g/mol. The average Bonchev–Trinajstić information content (AvgIpc) is 2.34. The van der Waals surface area contributed by atoms with Gasteiger partial charge in [-0.25, -0.2) is 0 Å². The fourth-order valence-corrected chi connectivity index (χ4v) is 6.93. The molecule has 0 aromatic carbocycles. The lowest BCUT2D eigenvalue weighted by Gasteiger charge is -2.40. The van der Waals surface area contributed by atoms with Crippen LogP contribution >= 0.6 is 75.3 Å². The van der Waals surface area contributed by atoms with E-state index in [0.717, 1.165) is 25.7 Å². The van der Waals surface area contributed by atoms with Crippen LogP contribution in [0.15, 0.2) is 0 Å². The van der Waals surface area contributed by atoms with E-state index in [0.29, 0.717) is 9.65 Å². The zero-order valence-electron chi connectivity index (χ0n) is 10.2. The first-order valence-electron chi connectivity index (χ1n) is 6.47. The Labute approximate surface area is 152 Å². The van der Waals surface area contributed by atoms with Crippen LogP contribution in [-0.2, 0) is 4.74 Å². The van der Waals surface area contributed by atoms with Gasteiger partial charge in [0.25, 0.3) is 0 Å². The summed E-state index contributed by atoms with van der Waals surface area (Å²) in [5, 5.41) is 8.20. The van der Waals surface area contributed by atoms with Crippen LogP contribution in [0.2, 0.25) is 0 Å². The smallest absolute Gasteiger partial charge is 0.182 e. The van der Waals surface area contributed by atoms with E-state index in [2.05, 4.69) is 63.7 Å². The summed E-state index contributed by atoms with van der Waals surface area (Å²) in [6.45, 7) is 0. The van der Waals surface area contributed by atoms with E-state index in [1.165, 1.54) is 0 Å². The molecule has 0 amide bonds. The highest BCUT2D eigenvalue weighted by atomic mass is 79.9. The van der Waals surface area contributed by atoms with Gasteiger partial charge in [-0.05, 0) is 19.3 Å². The van der Waals surface area contributed by atoms with Crippen LogP contribution in [0.5, 0.6) is 0 Å². The predicted molar refractivity (Wildman–Crippen MR) is 95.0 cm³/mol. The third kappa shape index (κ3) is 4.32. The maximum absolute atomic E-state index is 8.24. The molecule has 2 aliphatic rings. The lowest BCUT2D eigenvalue weighted by Crippen LogP contribution is -2.53. The molecule has 0 heterocycles. The summed E-state index contributed by atoms with van der Waals surface area (Å²) in [5.41, 5.74) is 0. The van der Waals surface area contributed by atoms with E-state index >= 15 is 0 Å². The van der Waals surface area contributed by atoms with Gasteiger partial charge in [0.2, 0.25) is 0 Å². The van der Waals surface area contributed by atoms with Gasteiger partial charge in [0.05, 0.1) is 16.3 Å². The Hall–Kier alpha value is 2.13. The Morgan fingerprint density at radius 2 is 1.68 bits per heavy atom. The normalized spacial score (nSPS) is 52.1. The van der Waals surface area contributed by atoms with E-state index in [9.17, 15) is 0 Å². The minimum Gasteiger partial charge on any atom is -0.441 e. The molecule has 2 fully saturated rings. The third-order valence-corrected chi connectivity index (χ3v) is 8.83. The SMILES string of the molecule is [OH2+]C1CC(Br)C(Cl)C(Br)C1OC1CCC(Br)CC1Br.